The van der Waals surface area contributed by atoms with Crippen LogP contribution in [-0.4, -0.2) is 42.1 Å². The zero-order valence-corrected chi connectivity index (χ0v) is 10.3. The normalized spacial score (nSPS) is 19.9. The molecule has 0 radical (unpaired) electrons. The number of benzene rings is 1. The first kappa shape index (κ1) is 12.8. The van der Waals surface area contributed by atoms with Crippen LogP contribution >= 0.6 is 0 Å². The van der Waals surface area contributed by atoms with E-state index in [1.807, 2.05) is 7.05 Å². The van der Waals surface area contributed by atoms with Gasteiger partial charge in [-0.3, -0.25) is 4.79 Å². The van der Waals surface area contributed by atoms with Gasteiger partial charge in [-0.2, -0.15) is 0 Å². The van der Waals surface area contributed by atoms with E-state index in [0.29, 0.717) is 13.1 Å². The summed E-state index contributed by atoms with van der Waals surface area (Å²) in [7, 11) is 1.87. The average molecular weight is 252 g/mol. The number of hydrogen-bond acceptors (Lipinski definition) is 3. The van der Waals surface area contributed by atoms with Crippen molar-refractivity contribution in [2.75, 3.05) is 20.1 Å². The summed E-state index contributed by atoms with van der Waals surface area (Å²) in [5, 5.41) is 12.8. The lowest BCUT2D eigenvalue weighted by Crippen LogP contribution is -2.46. The van der Waals surface area contributed by atoms with Crippen molar-refractivity contribution in [3.63, 3.8) is 0 Å². The zero-order valence-electron chi connectivity index (χ0n) is 10.3. The number of aromatic hydroxyl groups is 1. The van der Waals surface area contributed by atoms with Gasteiger partial charge in [0.25, 0.3) is 5.91 Å². The van der Waals surface area contributed by atoms with Crippen LogP contribution in [-0.2, 0) is 0 Å². The molecule has 0 aromatic heterocycles. The van der Waals surface area contributed by atoms with E-state index in [-0.39, 0.29) is 23.3 Å². The van der Waals surface area contributed by atoms with Gasteiger partial charge >= 0.3 is 0 Å². The highest BCUT2D eigenvalue weighted by Gasteiger charge is 2.25. The van der Waals surface area contributed by atoms with Crippen LogP contribution in [0.25, 0.3) is 0 Å². The lowest BCUT2D eigenvalue weighted by Gasteiger charge is -2.32. The van der Waals surface area contributed by atoms with Crippen molar-refractivity contribution in [2.45, 2.75) is 18.9 Å². The number of amides is 1. The molecule has 18 heavy (non-hydrogen) atoms. The fraction of sp³-hybridized carbons (Fsp3) is 0.462. The van der Waals surface area contributed by atoms with Gasteiger partial charge in [0.05, 0.1) is 5.56 Å². The van der Waals surface area contributed by atoms with E-state index in [9.17, 15) is 14.3 Å². The molecule has 1 fully saturated rings. The number of halogens is 1. The first-order valence-electron chi connectivity index (χ1n) is 6.07. The molecule has 0 bridgehead atoms. The lowest BCUT2D eigenvalue weighted by atomic mass is 10.0. The van der Waals surface area contributed by atoms with Gasteiger partial charge in [-0.15, -0.1) is 0 Å². The summed E-state index contributed by atoms with van der Waals surface area (Å²) in [4.78, 5) is 13.9. The Bertz CT molecular complexity index is 451. The Morgan fingerprint density at radius 3 is 3.00 bits per heavy atom. The Kier molecular flexibility index (Phi) is 3.81. The van der Waals surface area contributed by atoms with Crippen molar-refractivity contribution in [3.8, 4) is 5.75 Å². The quantitative estimate of drug-likeness (QED) is 0.835. The average Bonchev–Trinajstić information content (AvgIpc) is 2.38. The monoisotopic (exact) mass is 252 g/mol. The summed E-state index contributed by atoms with van der Waals surface area (Å²) in [6, 6.07) is 3.76. The molecule has 98 valence electrons. The standard InChI is InChI=1S/C13H17FN2O2/c1-15-10-3-2-6-16(8-10)13(18)11-5-4-9(14)7-12(11)17/h4-5,7,10,15,17H,2-3,6,8H2,1H3. The second kappa shape index (κ2) is 5.35. The summed E-state index contributed by atoms with van der Waals surface area (Å²) in [5.74, 6) is -1.09. The molecule has 2 N–H and O–H groups in total. The van der Waals surface area contributed by atoms with E-state index in [0.717, 1.165) is 18.9 Å². The molecule has 1 aromatic carbocycles. The van der Waals surface area contributed by atoms with Crippen LogP contribution in [0.4, 0.5) is 4.39 Å². The van der Waals surface area contributed by atoms with E-state index < -0.39 is 5.82 Å². The predicted molar refractivity (Wildman–Crippen MR) is 66.1 cm³/mol. The van der Waals surface area contributed by atoms with Gasteiger partial charge in [0.1, 0.15) is 11.6 Å². The van der Waals surface area contributed by atoms with Gasteiger partial charge < -0.3 is 15.3 Å². The Morgan fingerprint density at radius 1 is 1.56 bits per heavy atom. The summed E-state index contributed by atoms with van der Waals surface area (Å²) < 4.78 is 12.9. The van der Waals surface area contributed by atoms with E-state index in [4.69, 9.17) is 0 Å². The van der Waals surface area contributed by atoms with Crippen molar-refractivity contribution >= 4 is 5.91 Å². The van der Waals surface area contributed by atoms with E-state index >= 15 is 0 Å². The van der Waals surface area contributed by atoms with Crippen molar-refractivity contribution in [2.24, 2.45) is 0 Å². The minimum Gasteiger partial charge on any atom is -0.507 e. The third-order valence-electron chi connectivity index (χ3n) is 3.31. The number of likely N-dealkylation sites (N-methyl/N-ethyl adjacent to an activating group) is 1. The van der Waals surface area contributed by atoms with Crippen molar-refractivity contribution in [1.29, 1.82) is 0 Å². The molecule has 5 heteroatoms. The maximum Gasteiger partial charge on any atom is 0.257 e. The van der Waals surface area contributed by atoms with Crippen LogP contribution in [0.2, 0.25) is 0 Å². The molecule has 1 atom stereocenters. The second-order valence-electron chi connectivity index (χ2n) is 4.54. The highest BCUT2D eigenvalue weighted by atomic mass is 19.1. The largest absolute Gasteiger partial charge is 0.507 e. The van der Waals surface area contributed by atoms with E-state index in [1.165, 1.54) is 12.1 Å². The molecule has 1 heterocycles. The van der Waals surface area contributed by atoms with Gasteiger partial charge in [0, 0.05) is 25.2 Å². The minimum atomic E-state index is -0.546. The molecular formula is C13H17FN2O2. The van der Waals surface area contributed by atoms with Crippen LogP contribution < -0.4 is 5.32 Å². The molecule has 0 aliphatic carbocycles. The number of nitrogens with zero attached hydrogens (tertiary/aromatic N) is 1. The third kappa shape index (κ3) is 2.61. The summed E-state index contributed by atoms with van der Waals surface area (Å²) in [6.07, 6.45) is 1.97. The van der Waals surface area contributed by atoms with Crippen LogP contribution in [0.5, 0.6) is 5.75 Å². The van der Waals surface area contributed by atoms with Gasteiger partial charge in [-0.25, -0.2) is 4.39 Å². The van der Waals surface area contributed by atoms with Crippen LogP contribution in [0.3, 0.4) is 0 Å². The summed E-state index contributed by atoms with van der Waals surface area (Å²) in [6.45, 7) is 1.29. The fourth-order valence-electron chi connectivity index (χ4n) is 2.25. The number of phenolic OH excluding ortho intramolecular Hbond substituents is 1. The number of hydrogen-bond donors (Lipinski definition) is 2. The molecule has 1 aliphatic heterocycles. The topological polar surface area (TPSA) is 52.6 Å². The predicted octanol–water partition coefficient (Wildman–Crippen LogP) is 1.36. The Labute approximate surface area is 105 Å². The van der Waals surface area contributed by atoms with Crippen LogP contribution in [0, 0.1) is 5.82 Å². The smallest absolute Gasteiger partial charge is 0.257 e. The number of carbonyl (C=O) groups excluding carboxylic acids is 1. The van der Waals surface area contributed by atoms with Crippen molar-refractivity contribution in [1.82, 2.24) is 10.2 Å². The highest BCUT2D eigenvalue weighted by molar-refractivity contribution is 5.96. The number of phenols is 1. The Morgan fingerprint density at radius 2 is 2.33 bits per heavy atom. The van der Waals surface area contributed by atoms with Crippen molar-refractivity contribution in [3.05, 3.63) is 29.6 Å². The summed E-state index contributed by atoms with van der Waals surface area (Å²) >= 11 is 0. The van der Waals surface area contributed by atoms with Crippen LogP contribution in [0.15, 0.2) is 18.2 Å². The fourth-order valence-corrected chi connectivity index (χ4v) is 2.25. The highest BCUT2D eigenvalue weighted by Crippen LogP contribution is 2.21. The maximum atomic E-state index is 12.9. The van der Waals surface area contributed by atoms with E-state index in [1.54, 1.807) is 4.90 Å². The molecule has 0 saturated carbocycles. The van der Waals surface area contributed by atoms with Gasteiger partial charge in [-0.05, 0) is 32.0 Å². The molecule has 1 aliphatic rings. The zero-order chi connectivity index (χ0) is 13.1. The molecule has 2 rings (SSSR count). The van der Waals surface area contributed by atoms with Crippen LogP contribution in [0.1, 0.15) is 23.2 Å². The Hall–Kier alpha value is -1.62. The first-order valence-corrected chi connectivity index (χ1v) is 6.07. The first-order chi connectivity index (χ1) is 8.61. The molecule has 0 spiro atoms. The Balaban J connectivity index is 2.15. The van der Waals surface area contributed by atoms with Crippen molar-refractivity contribution < 1.29 is 14.3 Å². The second-order valence-corrected chi connectivity index (χ2v) is 4.54. The summed E-state index contributed by atoms with van der Waals surface area (Å²) in [5.41, 5.74) is 0.160. The maximum absolute atomic E-state index is 12.9. The van der Waals surface area contributed by atoms with Gasteiger partial charge in [0.2, 0.25) is 0 Å². The number of likely N-dealkylation sites (tertiary alicyclic amines) is 1. The molecule has 4 nitrogen and oxygen atoms in total. The van der Waals surface area contributed by atoms with E-state index in [2.05, 4.69) is 5.32 Å². The molecule has 1 saturated heterocycles. The van der Waals surface area contributed by atoms with Gasteiger partial charge in [-0.1, -0.05) is 0 Å². The number of nitrogens with one attached hydrogen (secondary N) is 1. The SMILES string of the molecule is CNC1CCCN(C(=O)c2ccc(F)cc2O)C1. The minimum absolute atomic E-state index is 0.160. The molecule has 1 unspecified atom stereocenters. The molecule has 1 amide bonds. The number of carbonyl (C=O) groups is 1. The van der Waals surface area contributed by atoms with Gasteiger partial charge in [0.15, 0.2) is 0 Å². The molecule has 1 aromatic rings. The molecular weight excluding hydrogens is 235 g/mol. The number of piperidine rings is 1. The lowest BCUT2D eigenvalue weighted by molar-refractivity contribution is 0.0695. The third-order valence-corrected chi connectivity index (χ3v) is 3.31. The number of rotatable bonds is 2.